The van der Waals surface area contributed by atoms with Crippen molar-refractivity contribution in [2.45, 2.75) is 42.4 Å². The Labute approximate surface area is 152 Å². The van der Waals surface area contributed by atoms with E-state index in [1.807, 2.05) is 36.4 Å². The Bertz CT molecular complexity index is 789. The molecule has 0 atom stereocenters. The summed E-state index contributed by atoms with van der Waals surface area (Å²) in [6, 6.07) is 13.0. The largest absolute Gasteiger partial charge is 0.352 e. The van der Waals surface area contributed by atoms with Crippen LogP contribution < -0.4 is 10.6 Å². The van der Waals surface area contributed by atoms with Crippen LogP contribution in [0.15, 0.2) is 52.3 Å². The average molecular weight is 354 g/mol. The van der Waals surface area contributed by atoms with Gasteiger partial charge < -0.3 is 10.6 Å². The highest BCUT2D eigenvalue weighted by molar-refractivity contribution is 7.99. The first kappa shape index (κ1) is 17.5. The number of hydrogen-bond donors (Lipinski definition) is 2. The molecule has 0 radical (unpaired) electrons. The van der Waals surface area contributed by atoms with Crippen molar-refractivity contribution in [2.24, 2.45) is 0 Å². The molecule has 130 valence electrons. The summed E-state index contributed by atoms with van der Waals surface area (Å²) in [4.78, 5) is 26.6. The average Bonchev–Trinajstić information content (AvgIpc) is 2.76. The number of benzene rings is 2. The summed E-state index contributed by atoms with van der Waals surface area (Å²) in [6.07, 6.45) is 4.50. The molecule has 2 amide bonds. The number of nitrogens with one attached hydrogen (secondary N) is 2. The Morgan fingerprint density at radius 3 is 2.76 bits per heavy atom. The van der Waals surface area contributed by atoms with Gasteiger partial charge >= 0.3 is 0 Å². The van der Waals surface area contributed by atoms with Crippen molar-refractivity contribution in [2.75, 3.05) is 11.9 Å². The normalized spacial score (nSPS) is 12.6. The van der Waals surface area contributed by atoms with Crippen LogP contribution in [0.4, 0.5) is 5.69 Å². The van der Waals surface area contributed by atoms with E-state index in [2.05, 4.69) is 17.6 Å². The number of unbranched alkanes of at least 4 members (excludes halogenated alkanes) is 3. The van der Waals surface area contributed by atoms with Gasteiger partial charge in [-0.3, -0.25) is 9.59 Å². The standard InChI is InChI=1S/C20H22N2O2S/c1-2-3-4-7-12-21-19(23)14-10-11-18-16(13-14)22-20(24)15-8-5-6-9-17(15)25-18/h5-6,8-11,13H,2-4,7,12H2,1H3,(H,21,23)(H,22,24). The van der Waals surface area contributed by atoms with Crippen LogP contribution in [0.5, 0.6) is 0 Å². The summed E-state index contributed by atoms with van der Waals surface area (Å²) in [5, 5.41) is 5.87. The van der Waals surface area contributed by atoms with Crippen LogP contribution in [0.3, 0.4) is 0 Å². The third-order valence-corrected chi connectivity index (χ3v) is 5.31. The first-order chi connectivity index (χ1) is 12.2. The lowest BCUT2D eigenvalue weighted by Crippen LogP contribution is -2.24. The molecule has 5 heteroatoms. The van der Waals surface area contributed by atoms with Crippen LogP contribution in [-0.2, 0) is 0 Å². The van der Waals surface area contributed by atoms with Gasteiger partial charge in [0, 0.05) is 21.9 Å². The van der Waals surface area contributed by atoms with Gasteiger partial charge in [0.15, 0.2) is 0 Å². The molecule has 1 heterocycles. The fourth-order valence-corrected chi connectivity index (χ4v) is 3.78. The van der Waals surface area contributed by atoms with E-state index in [4.69, 9.17) is 0 Å². The third-order valence-electron chi connectivity index (χ3n) is 4.16. The zero-order valence-electron chi connectivity index (χ0n) is 14.3. The molecule has 1 aliphatic rings. The summed E-state index contributed by atoms with van der Waals surface area (Å²) in [7, 11) is 0. The fraction of sp³-hybridized carbons (Fsp3) is 0.300. The molecule has 0 unspecified atom stereocenters. The van der Waals surface area contributed by atoms with Gasteiger partial charge in [-0.15, -0.1) is 0 Å². The maximum Gasteiger partial charge on any atom is 0.256 e. The second-order valence-corrected chi connectivity index (χ2v) is 7.16. The van der Waals surface area contributed by atoms with E-state index in [1.54, 1.807) is 6.07 Å². The minimum absolute atomic E-state index is 0.0969. The van der Waals surface area contributed by atoms with Gasteiger partial charge in [-0.05, 0) is 36.8 Å². The number of carbonyl (C=O) groups excluding carboxylic acids is 2. The quantitative estimate of drug-likeness (QED) is 0.738. The highest BCUT2D eigenvalue weighted by Gasteiger charge is 2.20. The minimum Gasteiger partial charge on any atom is -0.352 e. The van der Waals surface area contributed by atoms with Crippen molar-refractivity contribution in [1.82, 2.24) is 5.32 Å². The number of carbonyl (C=O) groups is 2. The topological polar surface area (TPSA) is 58.2 Å². The van der Waals surface area contributed by atoms with Gasteiger partial charge in [0.05, 0.1) is 11.3 Å². The van der Waals surface area contributed by atoms with Crippen molar-refractivity contribution >= 4 is 29.3 Å². The molecule has 0 spiro atoms. The van der Waals surface area contributed by atoms with E-state index in [-0.39, 0.29) is 11.8 Å². The number of fused-ring (bicyclic) bond motifs is 2. The molecule has 0 fully saturated rings. The highest BCUT2D eigenvalue weighted by atomic mass is 32.2. The maximum atomic E-state index is 12.4. The monoisotopic (exact) mass is 354 g/mol. The van der Waals surface area contributed by atoms with Gasteiger partial charge in [-0.2, -0.15) is 0 Å². The SMILES string of the molecule is CCCCCCNC(=O)c1ccc2c(c1)NC(=O)c1ccccc1S2. The maximum absolute atomic E-state index is 12.4. The van der Waals surface area contributed by atoms with E-state index in [1.165, 1.54) is 24.6 Å². The van der Waals surface area contributed by atoms with E-state index < -0.39 is 0 Å². The lowest BCUT2D eigenvalue weighted by molar-refractivity contribution is 0.0951. The molecule has 25 heavy (non-hydrogen) atoms. The number of anilines is 1. The van der Waals surface area contributed by atoms with E-state index in [0.717, 1.165) is 22.6 Å². The molecule has 0 aromatic heterocycles. The number of hydrogen-bond acceptors (Lipinski definition) is 3. The van der Waals surface area contributed by atoms with Gasteiger partial charge in [0.1, 0.15) is 0 Å². The van der Waals surface area contributed by atoms with Crippen molar-refractivity contribution in [3.05, 3.63) is 53.6 Å². The smallest absolute Gasteiger partial charge is 0.256 e. The van der Waals surface area contributed by atoms with Crippen LogP contribution in [0, 0.1) is 0 Å². The number of rotatable bonds is 6. The summed E-state index contributed by atoms with van der Waals surface area (Å²) >= 11 is 1.54. The fourth-order valence-electron chi connectivity index (χ4n) is 2.77. The van der Waals surface area contributed by atoms with E-state index in [0.29, 0.717) is 23.4 Å². The van der Waals surface area contributed by atoms with E-state index >= 15 is 0 Å². The van der Waals surface area contributed by atoms with Crippen LogP contribution in [0.1, 0.15) is 53.3 Å². The molecule has 0 bridgehead atoms. The predicted molar refractivity (Wildman–Crippen MR) is 101 cm³/mol. The Morgan fingerprint density at radius 2 is 1.92 bits per heavy atom. The first-order valence-corrected chi connectivity index (χ1v) is 9.51. The Kier molecular flexibility index (Phi) is 5.76. The predicted octanol–water partition coefficient (Wildman–Crippen LogP) is 4.71. The van der Waals surface area contributed by atoms with Gasteiger partial charge in [-0.1, -0.05) is 50.1 Å². The zero-order valence-corrected chi connectivity index (χ0v) is 15.1. The van der Waals surface area contributed by atoms with Crippen LogP contribution in [0.25, 0.3) is 0 Å². The second-order valence-electron chi connectivity index (χ2n) is 6.08. The Hall–Kier alpha value is -2.27. The van der Waals surface area contributed by atoms with Gasteiger partial charge in [0.25, 0.3) is 11.8 Å². The number of amides is 2. The zero-order chi connectivity index (χ0) is 17.6. The van der Waals surface area contributed by atoms with E-state index in [9.17, 15) is 9.59 Å². The molecule has 3 rings (SSSR count). The lowest BCUT2D eigenvalue weighted by atomic mass is 10.1. The first-order valence-electron chi connectivity index (χ1n) is 8.69. The molecular formula is C20H22N2O2S. The van der Waals surface area contributed by atoms with Gasteiger partial charge in [0.2, 0.25) is 0 Å². The Balaban J connectivity index is 1.72. The third kappa shape index (κ3) is 4.23. The lowest BCUT2D eigenvalue weighted by Gasteiger charge is -2.09. The van der Waals surface area contributed by atoms with Crippen molar-refractivity contribution in [3.63, 3.8) is 0 Å². The summed E-state index contributed by atoms with van der Waals surface area (Å²) < 4.78 is 0. The molecule has 0 saturated carbocycles. The van der Waals surface area contributed by atoms with Crippen LogP contribution in [-0.4, -0.2) is 18.4 Å². The molecule has 0 saturated heterocycles. The van der Waals surface area contributed by atoms with Crippen LogP contribution >= 0.6 is 11.8 Å². The van der Waals surface area contributed by atoms with Crippen molar-refractivity contribution in [1.29, 1.82) is 0 Å². The summed E-state index contributed by atoms with van der Waals surface area (Å²) in [5.41, 5.74) is 1.91. The highest BCUT2D eigenvalue weighted by Crippen LogP contribution is 2.38. The summed E-state index contributed by atoms with van der Waals surface area (Å²) in [6.45, 7) is 2.85. The van der Waals surface area contributed by atoms with Gasteiger partial charge in [-0.25, -0.2) is 0 Å². The summed E-state index contributed by atoms with van der Waals surface area (Å²) in [5.74, 6) is -0.237. The molecule has 2 aromatic carbocycles. The van der Waals surface area contributed by atoms with Crippen LogP contribution in [0.2, 0.25) is 0 Å². The van der Waals surface area contributed by atoms with Crippen molar-refractivity contribution < 1.29 is 9.59 Å². The molecular weight excluding hydrogens is 332 g/mol. The molecule has 1 aliphatic heterocycles. The molecule has 2 aromatic rings. The molecule has 0 aliphatic carbocycles. The van der Waals surface area contributed by atoms with Crippen molar-refractivity contribution in [3.8, 4) is 0 Å². The molecule has 2 N–H and O–H groups in total. The second kappa shape index (κ2) is 8.21. The Morgan fingerprint density at radius 1 is 1.08 bits per heavy atom. The minimum atomic E-state index is -0.140. The molecule has 4 nitrogen and oxygen atoms in total.